The molecular formula is C7H6Br2N2O. The number of primary amides is 1. The first-order valence-electron chi connectivity index (χ1n) is 3.11. The molecule has 12 heavy (non-hydrogen) atoms. The Morgan fingerprint density at radius 1 is 1.42 bits per heavy atom. The van der Waals surface area contributed by atoms with Gasteiger partial charge in [-0.25, -0.2) is 4.79 Å². The number of halogens is 2. The molecule has 0 saturated carbocycles. The fraction of sp³-hybridized carbons (Fsp3) is 0. The molecule has 0 fully saturated rings. The molecule has 0 aliphatic carbocycles. The molecule has 3 nitrogen and oxygen atoms in total. The number of rotatable bonds is 1. The van der Waals surface area contributed by atoms with Crippen LogP contribution in [0.4, 0.5) is 10.5 Å². The summed E-state index contributed by atoms with van der Waals surface area (Å²) in [5.41, 5.74) is 5.61. The lowest BCUT2D eigenvalue weighted by molar-refractivity contribution is 0.259. The zero-order valence-electron chi connectivity index (χ0n) is 5.97. The third-order valence-electron chi connectivity index (χ3n) is 1.21. The monoisotopic (exact) mass is 292 g/mol. The maximum Gasteiger partial charge on any atom is 0.316 e. The van der Waals surface area contributed by atoms with E-state index >= 15 is 0 Å². The van der Waals surface area contributed by atoms with Crippen molar-refractivity contribution in [1.82, 2.24) is 0 Å². The Balaban J connectivity index is 3.00. The average molecular weight is 294 g/mol. The van der Waals surface area contributed by atoms with E-state index in [4.69, 9.17) is 5.73 Å². The summed E-state index contributed by atoms with van der Waals surface area (Å²) in [6.07, 6.45) is 0. The number of carbonyl (C=O) groups is 1. The van der Waals surface area contributed by atoms with Crippen molar-refractivity contribution in [2.45, 2.75) is 0 Å². The molecule has 2 amide bonds. The van der Waals surface area contributed by atoms with Crippen LogP contribution in [-0.2, 0) is 0 Å². The predicted molar refractivity (Wildman–Crippen MR) is 55.0 cm³/mol. The first kappa shape index (κ1) is 9.54. The topological polar surface area (TPSA) is 55.1 Å². The van der Waals surface area contributed by atoms with Crippen molar-refractivity contribution in [2.75, 3.05) is 5.32 Å². The fourth-order valence-electron chi connectivity index (χ4n) is 0.733. The minimum atomic E-state index is -0.575. The van der Waals surface area contributed by atoms with Gasteiger partial charge in [-0.05, 0) is 44.0 Å². The lowest BCUT2D eigenvalue weighted by Crippen LogP contribution is -2.19. The van der Waals surface area contributed by atoms with Crippen molar-refractivity contribution in [2.24, 2.45) is 5.73 Å². The van der Waals surface area contributed by atoms with E-state index in [0.29, 0.717) is 5.69 Å². The van der Waals surface area contributed by atoms with Gasteiger partial charge in [0.15, 0.2) is 0 Å². The number of hydrogen-bond acceptors (Lipinski definition) is 1. The minimum Gasteiger partial charge on any atom is -0.351 e. The normalized spacial score (nSPS) is 9.50. The molecule has 0 heterocycles. The standard InChI is InChI=1S/C7H6Br2N2O/c8-4-2-1-3-5(6(4)9)11-7(10)12/h1-3H,(H3,10,11,12). The van der Waals surface area contributed by atoms with Crippen molar-refractivity contribution < 1.29 is 4.79 Å². The van der Waals surface area contributed by atoms with Gasteiger partial charge in [-0.1, -0.05) is 6.07 Å². The third-order valence-corrected chi connectivity index (χ3v) is 3.26. The number of nitrogens with two attached hydrogens (primary N) is 1. The molecule has 0 aliphatic heterocycles. The Hall–Kier alpha value is -0.550. The van der Waals surface area contributed by atoms with Crippen LogP contribution < -0.4 is 11.1 Å². The Labute approximate surface area is 86.6 Å². The SMILES string of the molecule is NC(=O)Nc1cccc(Br)c1Br. The lowest BCUT2D eigenvalue weighted by Gasteiger charge is -2.04. The van der Waals surface area contributed by atoms with Gasteiger partial charge < -0.3 is 11.1 Å². The van der Waals surface area contributed by atoms with Gasteiger partial charge >= 0.3 is 6.03 Å². The fourth-order valence-corrected chi connectivity index (χ4v) is 1.46. The zero-order valence-corrected chi connectivity index (χ0v) is 9.15. The highest BCUT2D eigenvalue weighted by atomic mass is 79.9. The number of nitrogens with one attached hydrogen (secondary N) is 1. The maximum atomic E-state index is 10.5. The smallest absolute Gasteiger partial charge is 0.316 e. The van der Waals surface area contributed by atoms with E-state index in [1.807, 2.05) is 6.07 Å². The summed E-state index contributed by atoms with van der Waals surface area (Å²) in [6.45, 7) is 0. The highest BCUT2D eigenvalue weighted by Gasteiger charge is 2.03. The highest BCUT2D eigenvalue weighted by Crippen LogP contribution is 2.29. The number of urea groups is 1. The van der Waals surface area contributed by atoms with E-state index in [1.54, 1.807) is 12.1 Å². The van der Waals surface area contributed by atoms with Crippen molar-refractivity contribution in [3.63, 3.8) is 0 Å². The highest BCUT2D eigenvalue weighted by molar-refractivity contribution is 9.13. The first-order valence-corrected chi connectivity index (χ1v) is 4.70. The number of anilines is 1. The molecule has 0 aromatic heterocycles. The van der Waals surface area contributed by atoms with Crippen LogP contribution in [0.2, 0.25) is 0 Å². The van der Waals surface area contributed by atoms with Gasteiger partial charge in [-0.2, -0.15) is 0 Å². The Kier molecular flexibility index (Phi) is 3.11. The van der Waals surface area contributed by atoms with Crippen LogP contribution in [0.3, 0.4) is 0 Å². The molecule has 1 aromatic rings. The van der Waals surface area contributed by atoms with Crippen LogP contribution in [0.5, 0.6) is 0 Å². The first-order chi connectivity index (χ1) is 5.61. The molecular weight excluding hydrogens is 288 g/mol. The van der Waals surface area contributed by atoms with Gasteiger partial charge in [0.25, 0.3) is 0 Å². The van der Waals surface area contributed by atoms with E-state index in [1.165, 1.54) is 0 Å². The molecule has 1 aromatic carbocycles. The van der Waals surface area contributed by atoms with Gasteiger partial charge in [0.1, 0.15) is 0 Å². The van der Waals surface area contributed by atoms with Crippen LogP contribution in [0.1, 0.15) is 0 Å². The molecule has 0 aliphatic rings. The van der Waals surface area contributed by atoms with E-state index in [9.17, 15) is 4.79 Å². The van der Waals surface area contributed by atoms with Gasteiger partial charge in [0.05, 0.1) is 10.2 Å². The molecule has 0 radical (unpaired) electrons. The van der Waals surface area contributed by atoms with E-state index in [2.05, 4.69) is 37.2 Å². The van der Waals surface area contributed by atoms with Crippen LogP contribution in [0.25, 0.3) is 0 Å². The molecule has 0 bridgehead atoms. The van der Waals surface area contributed by atoms with Gasteiger partial charge in [0, 0.05) is 4.47 Å². The average Bonchev–Trinajstić information content (AvgIpc) is 1.98. The third kappa shape index (κ3) is 2.22. The van der Waals surface area contributed by atoms with Crippen molar-refractivity contribution in [3.8, 4) is 0 Å². The molecule has 0 spiro atoms. The Morgan fingerprint density at radius 2 is 2.08 bits per heavy atom. The summed E-state index contributed by atoms with van der Waals surface area (Å²) in [5.74, 6) is 0. The molecule has 0 saturated heterocycles. The Bertz CT molecular complexity index is 314. The van der Waals surface area contributed by atoms with Crippen LogP contribution in [0, 0.1) is 0 Å². The summed E-state index contributed by atoms with van der Waals surface area (Å²) in [7, 11) is 0. The summed E-state index contributed by atoms with van der Waals surface area (Å²) < 4.78 is 1.65. The maximum absolute atomic E-state index is 10.5. The zero-order chi connectivity index (χ0) is 9.14. The number of amides is 2. The lowest BCUT2D eigenvalue weighted by atomic mass is 10.3. The molecule has 1 rings (SSSR count). The van der Waals surface area contributed by atoms with E-state index in [0.717, 1.165) is 8.95 Å². The molecule has 3 N–H and O–H groups in total. The van der Waals surface area contributed by atoms with Crippen molar-refractivity contribution >= 4 is 43.6 Å². The van der Waals surface area contributed by atoms with Crippen molar-refractivity contribution in [3.05, 3.63) is 27.1 Å². The number of benzene rings is 1. The molecule has 0 atom stereocenters. The summed E-state index contributed by atoms with van der Waals surface area (Å²) in [5, 5.41) is 2.48. The molecule has 0 unspecified atom stereocenters. The molecule has 5 heteroatoms. The Morgan fingerprint density at radius 3 is 2.67 bits per heavy atom. The molecule has 64 valence electrons. The van der Waals surface area contributed by atoms with E-state index in [-0.39, 0.29) is 0 Å². The second kappa shape index (κ2) is 3.91. The summed E-state index contributed by atoms with van der Waals surface area (Å²) in [6, 6.07) is 4.84. The van der Waals surface area contributed by atoms with Crippen LogP contribution >= 0.6 is 31.9 Å². The number of hydrogen-bond donors (Lipinski definition) is 2. The second-order valence-corrected chi connectivity index (χ2v) is 3.74. The predicted octanol–water partition coefficient (Wildman–Crippen LogP) is 2.70. The largest absolute Gasteiger partial charge is 0.351 e. The number of carbonyl (C=O) groups excluding carboxylic acids is 1. The second-order valence-electron chi connectivity index (χ2n) is 2.09. The van der Waals surface area contributed by atoms with E-state index < -0.39 is 6.03 Å². The quantitative estimate of drug-likeness (QED) is 0.822. The van der Waals surface area contributed by atoms with Crippen LogP contribution in [-0.4, -0.2) is 6.03 Å². The van der Waals surface area contributed by atoms with Crippen LogP contribution in [0.15, 0.2) is 27.1 Å². The van der Waals surface area contributed by atoms with Gasteiger partial charge in [0.2, 0.25) is 0 Å². The summed E-state index contributed by atoms with van der Waals surface area (Å²) >= 11 is 6.59. The van der Waals surface area contributed by atoms with Gasteiger partial charge in [-0.3, -0.25) is 0 Å². The van der Waals surface area contributed by atoms with Gasteiger partial charge in [-0.15, -0.1) is 0 Å². The van der Waals surface area contributed by atoms with Crippen molar-refractivity contribution in [1.29, 1.82) is 0 Å². The minimum absolute atomic E-state index is 0.575. The summed E-state index contributed by atoms with van der Waals surface area (Å²) in [4.78, 5) is 10.5.